The first-order valence-corrected chi connectivity index (χ1v) is 26.1. The highest BCUT2D eigenvalue weighted by Gasteiger charge is 2.64. The number of alkyl carbamates (subject to hydrolysis) is 1. The lowest BCUT2D eigenvalue weighted by Gasteiger charge is -2.42. The van der Waals surface area contributed by atoms with Crippen LogP contribution in [0.2, 0.25) is 5.02 Å². The number of ether oxygens (including phenoxy) is 6. The van der Waals surface area contributed by atoms with Gasteiger partial charge in [0.1, 0.15) is 53.4 Å². The van der Waals surface area contributed by atoms with Crippen LogP contribution in [0.15, 0.2) is 60.2 Å². The van der Waals surface area contributed by atoms with Crippen molar-refractivity contribution in [3.8, 4) is 5.75 Å². The van der Waals surface area contributed by atoms with E-state index in [2.05, 4.69) is 26.6 Å². The number of carbonyl (C=O) groups is 7. The van der Waals surface area contributed by atoms with Gasteiger partial charge in [0, 0.05) is 51.8 Å². The van der Waals surface area contributed by atoms with E-state index in [9.17, 15) is 38.7 Å². The van der Waals surface area contributed by atoms with Gasteiger partial charge >= 0.3 is 24.2 Å². The molecule has 22 nitrogen and oxygen atoms in total. The molecule has 10 atom stereocenters. The van der Waals surface area contributed by atoms with Gasteiger partial charge in [-0.15, -0.1) is 0 Å². The molecular weight excluding hydrogens is 1020 g/mol. The highest BCUT2D eigenvalue weighted by molar-refractivity contribution is 6.35. The predicted molar refractivity (Wildman–Crippen MR) is 287 cm³/mol. The molecule has 2 fully saturated rings. The first kappa shape index (κ1) is 61.4. The van der Waals surface area contributed by atoms with E-state index >= 15 is 0 Å². The minimum Gasteiger partial charge on any atom is -0.495 e. The Morgan fingerprint density at radius 2 is 1.74 bits per heavy atom. The molecule has 8 N–H and O–H groups in total. The van der Waals surface area contributed by atoms with Gasteiger partial charge < -0.3 is 65.4 Å². The third-order valence-electron chi connectivity index (χ3n) is 14.1. The summed E-state index contributed by atoms with van der Waals surface area (Å²) in [5, 5.41) is 25.9. The monoisotopic (exact) mass is 1100 g/mol. The number of aliphatic hydroxyl groups is 1. The van der Waals surface area contributed by atoms with Crippen molar-refractivity contribution >= 4 is 64.9 Å². The molecule has 0 saturated carbocycles. The zero-order chi connectivity index (χ0) is 57.1. The van der Waals surface area contributed by atoms with Gasteiger partial charge in [-0.1, -0.05) is 82.2 Å². The Morgan fingerprint density at radius 1 is 1.05 bits per heavy atom. The SMILES string of the molecule is COc1cc2cc(c1Cl)N(C)C(=O)C[C@H](OC(=O)[C@H](C)N(C)C(=O)OCc1ccc(NC(=O)[C@H](CCCNC(N)=O)NC(=O)[C@@H](NC(C)C)C(C)C)cc1)[C@]1(C)O[C@H]1[C@H](C)[C@@H]1C[C@@](O)(NC(=O)O1)[C@H](OC)/C=C/C=C(\C)C2. The summed E-state index contributed by atoms with van der Waals surface area (Å²) in [6.07, 6.45) is -0.0793. The van der Waals surface area contributed by atoms with Crippen molar-refractivity contribution in [2.75, 3.05) is 45.1 Å². The summed E-state index contributed by atoms with van der Waals surface area (Å²) in [5.41, 5.74) is 4.89. The Hall–Kier alpha value is -6.46. The Balaban J connectivity index is 1.30. The van der Waals surface area contributed by atoms with Crippen LogP contribution in [0.1, 0.15) is 92.2 Å². The van der Waals surface area contributed by atoms with Gasteiger partial charge in [-0.05, 0) is 81.3 Å². The second-order valence-corrected chi connectivity index (χ2v) is 21.2. The molecule has 3 heterocycles. The maximum atomic E-state index is 14.4. The number of likely N-dealkylation sites (N-methyl/N-ethyl adjacent to an activating group) is 1. The average Bonchev–Trinajstić information content (AvgIpc) is 4.07. The van der Waals surface area contributed by atoms with Crippen molar-refractivity contribution in [1.29, 1.82) is 0 Å². The summed E-state index contributed by atoms with van der Waals surface area (Å²) in [6, 6.07) is 6.54. The Kier molecular flexibility index (Phi) is 21.3. The number of nitrogens with two attached hydrogens (primary N) is 1. The van der Waals surface area contributed by atoms with Crippen LogP contribution in [0.3, 0.4) is 0 Å². The topological polar surface area (TPSA) is 291 Å². The standard InChI is InChI=1S/C54H77ClN8O14/c1-29(2)45(58-30(3)4)48(66)60-37(16-14-22-57-50(56)68)47(65)59-36-20-18-34(19-21-36)28-74-52(70)62(9)33(7)49(67)76-42-26-43(64)63(10)38-24-35(25-39(72-11)44(38)55)23-31(5)15-13-17-41(73-12)54(71)27-40(75-51(69)61-54)32(6)46-53(42,8)77-46/h13,15,17-21,24-25,29-30,32-33,37,40-42,45-46,58,71H,14,16,22-23,26-28H2,1-12H3,(H,59,65)(H,60,66)(H,61,69)(H3,56,57,68)/b17-13+,31-15+/t32-,33+,37+,40+,41-,42+,45+,46+,53+,54+/m1/s1. The maximum absolute atomic E-state index is 14.4. The number of hydrogen-bond donors (Lipinski definition) is 7. The van der Waals surface area contributed by atoms with Crippen molar-refractivity contribution in [3.05, 3.63) is 76.3 Å². The molecule has 0 unspecified atom stereocenters. The van der Waals surface area contributed by atoms with E-state index in [1.807, 2.05) is 40.7 Å². The molecular formula is C54H77ClN8O14. The number of anilines is 2. The number of esters is 1. The highest BCUT2D eigenvalue weighted by atomic mass is 35.5. The fourth-order valence-corrected chi connectivity index (χ4v) is 9.61. The molecule has 2 saturated heterocycles. The molecule has 0 spiro atoms. The minimum absolute atomic E-state index is 0.0104. The number of carbonyl (C=O) groups excluding carboxylic acids is 7. The molecule has 3 aliphatic rings. The maximum Gasteiger partial charge on any atom is 0.410 e. The lowest BCUT2D eigenvalue weighted by atomic mass is 9.83. The average molecular weight is 1100 g/mol. The fourth-order valence-electron chi connectivity index (χ4n) is 9.30. The second-order valence-electron chi connectivity index (χ2n) is 20.8. The molecule has 7 amide bonds. The number of epoxide rings is 1. The molecule has 4 bridgehead atoms. The number of rotatable bonds is 18. The van der Waals surface area contributed by atoms with Crippen molar-refractivity contribution in [3.63, 3.8) is 0 Å². The van der Waals surface area contributed by atoms with Crippen LogP contribution in [-0.4, -0.2) is 147 Å². The van der Waals surface area contributed by atoms with Crippen molar-refractivity contribution in [2.45, 2.75) is 154 Å². The number of primary amides is 1. The van der Waals surface area contributed by atoms with Gasteiger partial charge in [0.05, 0.1) is 31.4 Å². The number of benzene rings is 2. The van der Waals surface area contributed by atoms with E-state index in [-0.39, 0.29) is 48.9 Å². The van der Waals surface area contributed by atoms with Crippen LogP contribution >= 0.6 is 11.6 Å². The first-order chi connectivity index (χ1) is 36.2. The summed E-state index contributed by atoms with van der Waals surface area (Å²) in [6.45, 7) is 14.4. The number of amides is 7. The number of allylic oxidation sites excluding steroid dienone is 3. The summed E-state index contributed by atoms with van der Waals surface area (Å²) in [5.74, 6) is -2.59. The molecule has 2 aromatic carbocycles. The molecule has 3 aliphatic heterocycles. The number of halogens is 1. The minimum atomic E-state index is -1.89. The van der Waals surface area contributed by atoms with E-state index in [1.165, 1.54) is 40.1 Å². The molecule has 5 rings (SSSR count). The summed E-state index contributed by atoms with van der Waals surface area (Å²) in [4.78, 5) is 95.6. The van der Waals surface area contributed by atoms with Crippen LogP contribution in [0.4, 0.5) is 25.8 Å². The summed E-state index contributed by atoms with van der Waals surface area (Å²) >= 11 is 6.82. The quantitative estimate of drug-likeness (QED) is 0.0436. The lowest BCUT2D eigenvalue weighted by molar-refractivity contribution is -0.158. The van der Waals surface area contributed by atoms with Gasteiger partial charge in [-0.25, -0.2) is 19.2 Å². The normalized spacial score (nSPS) is 25.8. The Labute approximate surface area is 455 Å². The van der Waals surface area contributed by atoms with Crippen LogP contribution in [0.25, 0.3) is 0 Å². The first-order valence-electron chi connectivity index (χ1n) is 25.7. The number of methoxy groups -OCH3 is 2. The smallest absolute Gasteiger partial charge is 0.410 e. The van der Waals surface area contributed by atoms with Gasteiger partial charge in [-0.2, -0.15) is 0 Å². The second kappa shape index (κ2) is 26.7. The van der Waals surface area contributed by atoms with Gasteiger partial charge in [0.2, 0.25) is 17.7 Å². The molecule has 2 aromatic rings. The van der Waals surface area contributed by atoms with Gasteiger partial charge in [0.15, 0.2) is 5.72 Å². The third-order valence-corrected chi connectivity index (χ3v) is 14.4. The van der Waals surface area contributed by atoms with E-state index < -0.39 is 102 Å². The van der Waals surface area contributed by atoms with Crippen LogP contribution in [0.5, 0.6) is 5.75 Å². The summed E-state index contributed by atoms with van der Waals surface area (Å²) < 4.78 is 35.0. The number of fused-ring (bicyclic) bond motifs is 5. The number of nitrogens with one attached hydrogen (secondary N) is 5. The highest BCUT2D eigenvalue weighted by Crippen LogP contribution is 2.49. The van der Waals surface area contributed by atoms with Crippen LogP contribution in [-0.2, 0) is 55.9 Å². The molecule has 0 aromatic heterocycles. The number of nitrogens with zero attached hydrogens (tertiary/aromatic N) is 2. The van der Waals surface area contributed by atoms with Crippen molar-refractivity contribution in [1.82, 2.24) is 26.2 Å². The Bertz CT molecular complexity index is 2530. The predicted octanol–water partition coefficient (Wildman–Crippen LogP) is 5.22. The lowest BCUT2D eigenvalue weighted by Crippen LogP contribution is -2.63. The third kappa shape index (κ3) is 16.1. The molecule has 23 heteroatoms. The van der Waals surface area contributed by atoms with Gasteiger partial charge in [0.25, 0.3) is 0 Å². The number of urea groups is 1. The zero-order valence-corrected chi connectivity index (χ0v) is 46.8. The fraction of sp³-hybridized carbons (Fsp3) is 0.574. The van der Waals surface area contributed by atoms with E-state index in [4.69, 9.17) is 45.8 Å². The zero-order valence-electron chi connectivity index (χ0n) is 46.0. The van der Waals surface area contributed by atoms with Crippen LogP contribution in [0, 0.1) is 11.8 Å². The largest absolute Gasteiger partial charge is 0.495 e. The van der Waals surface area contributed by atoms with E-state index in [0.717, 1.165) is 16.0 Å². The van der Waals surface area contributed by atoms with Gasteiger partial charge in [-0.3, -0.25) is 24.6 Å². The van der Waals surface area contributed by atoms with Crippen LogP contribution < -0.4 is 42.0 Å². The van der Waals surface area contributed by atoms with Crippen molar-refractivity contribution < 1.29 is 67.1 Å². The van der Waals surface area contributed by atoms with E-state index in [0.29, 0.717) is 35.5 Å². The Morgan fingerprint density at radius 3 is 2.36 bits per heavy atom. The van der Waals surface area contributed by atoms with E-state index in [1.54, 1.807) is 62.4 Å². The molecule has 0 radical (unpaired) electrons. The summed E-state index contributed by atoms with van der Waals surface area (Å²) in [7, 11) is 5.76. The molecule has 424 valence electrons. The number of hydrogen-bond acceptors (Lipinski definition) is 15. The molecule has 0 aliphatic carbocycles. The molecule has 77 heavy (non-hydrogen) atoms. The van der Waals surface area contributed by atoms with Crippen molar-refractivity contribution in [2.24, 2.45) is 17.6 Å².